The van der Waals surface area contributed by atoms with Gasteiger partial charge in [0, 0.05) is 22.2 Å². The third-order valence-electron chi connectivity index (χ3n) is 5.21. The van der Waals surface area contributed by atoms with Crippen LogP contribution in [0.25, 0.3) is 33.3 Å². The molecule has 1 amide bonds. The third kappa shape index (κ3) is 3.17. The van der Waals surface area contributed by atoms with Gasteiger partial charge >= 0.3 is 0 Å². The molecule has 142 valence electrons. The monoisotopic (exact) mass is 380 g/mol. The number of aryl methyl sites for hydroxylation is 1. The lowest BCUT2D eigenvalue weighted by molar-refractivity contribution is -0.115. The highest BCUT2D eigenvalue weighted by Crippen LogP contribution is 2.28. The van der Waals surface area contributed by atoms with Gasteiger partial charge in [-0.05, 0) is 42.8 Å². The molecular formula is C24H20N4O. The fraction of sp³-hybridized carbons (Fsp3) is 0.0833. The van der Waals surface area contributed by atoms with Crippen molar-refractivity contribution in [2.24, 2.45) is 0 Å². The number of benzene rings is 3. The first-order valence-electron chi connectivity index (χ1n) is 9.59. The van der Waals surface area contributed by atoms with Crippen LogP contribution in [0.2, 0.25) is 0 Å². The summed E-state index contributed by atoms with van der Waals surface area (Å²) in [6.45, 7) is 2.00. The van der Waals surface area contributed by atoms with E-state index in [2.05, 4.69) is 20.3 Å². The molecular weight excluding hydrogens is 360 g/mol. The standard InChI is InChI=1S/C24H20N4O/c1-15-18(16-8-2-4-10-19(16)25-15)14-23(29)26-20-11-5-3-9-17(20)24-27-21-12-6-7-13-22(21)28-24/h2-13,25H,14H2,1H3,(H,26,29)(H,27,28). The first-order valence-corrected chi connectivity index (χ1v) is 9.59. The van der Waals surface area contributed by atoms with Gasteiger partial charge in [0.2, 0.25) is 5.91 Å². The highest BCUT2D eigenvalue weighted by Gasteiger charge is 2.15. The van der Waals surface area contributed by atoms with Gasteiger partial charge in [0.15, 0.2) is 0 Å². The average molecular weight is 380 g/mol. The van der Waals surface area contributed by atoms with Crippen LogP contribution in [0.15, 0.2) is 72.8 Å². The maximum atomic E-state index is 12.9. The molecule has 0 radical (unpaired) electrons. The van der Waals surface area contributed by atoms with Crippen LogP contribution in [0, 0.1) is 6.92 Å². The molecule has 0 aliphatic carbocycles. The summed E-state index contributed by atoms with van der Waals surface area (Å²) in [5, 5.41) is 4.16. The second-order valence-corrected chi connectivity index (χ2v) is 7.15. The number of carbonyl (C=O) groups is 1. The lowest BCUT2D eigenvalue weighted by Crippen LogP contribution is -2.15. The summed E-state index contributed by atoms with van der Waals surface area (Å²) < 4.78 is 0. The van der Waals surface area contributed by atoms with Crippen molar-refractivity contribution in [1.29, 1.82) is 0 Å². The zero-order chi connectivity index (χ0) is 19.8. The summed E-state index contributed by atoms with van der Waals surface area (Å²) in [7, 11) is 0. The quantitative estimate of drug-likeness (QED) is 0.401. The molecule has 0 fully saturated rings. The van der Waals surface area contributed by atoms with Gasteiger partial charge in [0.25, 0.3) is 0 Å². The number of rotatable bonds is 4. The SMILES string of the molecule is Cc1[nH]c2ccccc2c1CC(=O)Nc1ccccc1-c1nc2ccccc2[nH]1. The van der Waals surface area contributed by atoms with Gasteiger partial charge in [-0.2, -0.15) is 0 Å². The number of aromatic nitrogens is 3. The third-order valence-corrected chi connectivity index (χ3v) is 5.21. The van der Waals surface area contributed by atoms with E-state index in [1.54, 1.807) is 0 Å². The molecule has 5 heteroatoms. The number of amides is 1. The zero-order valence-corrected chi connectivity index (χ0v) is 16.0. The summed E-state index contributed by atoms with van der Waals surface area (Å²) >= 11 is 0. The van der Waals surface area contributed by atoms with E-state index in [-0.39, 0.29) is 5.91 Å². The van der Waals surface area contributed by atoms with Crippen LogP contribution in [-0.4, -0.2) is 20.9 Å². The Morgan fingerprint density at radius 2 is 1.62 bits per heavy atom. The van der Waals surface area contributed by atoms with Crippen molar-refractivity contribution < 1.29 is 4.79 Å². The largest absolute Gasteiger partial charge is 0.358 e. The molecule has 3 N–H and O–H groups in total. The molecule has 0 bridgehead atoms. The molecule has 5 nitrogen and oxygen atoms in total. The summed E-state index contributed by atoms with van der Waals surface area (Å²) in [6, 6.07) is 23.7. The Labute approximate surface area is 167 Å². The van der Waals surface area contributed by atoms with Crippen LogP contribution < -0.4 is 5.32 Å². The number of para-hydroxylation sites is 4. The highest BCUT2D eigenvalue weighted by molar-refractivity contribution is 5.99. The number of fused-ring (bicyclic) bond motifs is 2. The van der Waals surface area contributed by atoms with Crippen LogP contribution in [-0.2, 0) is 11.2 Å². The molecule has 0 atom stereocenters. The Hall–Kier alpha value is -3.86. The Balaban J connectivity index is 1.45. The molecule has 29 heavy (non-hydrogen) atoms. The lowest BCUT2D eigenvalue weighted by atomic mass is 10.1. The molecule has 5 rings (SSSR count). The van der Waals surface area contributed by atoms with Crippen molar-refractivity contribution in [2.45, 2.75) is 13.3 Å². The minimum Gasteiger partial charge on any atom is -0.358 e. The van der Waals surface area contributed by atoms with E-state index in [4.69, 9.17) is 0 Å². The topological polar surface area (TPSA) is 73.6 Å². The molecule has 5 aromatic rings. The molecule has 0 aliphatic heterocycles. The van der Waals surface area contributed by atoms with E-state index in [9.17, 15) is 4.79 Å². The summed E-state index contributed by atoms with van der Waals surface area (Å²) in [5.41, 5.74) is 6.58. The van der Waals surface area contributed by atoms with Gasteiger partial charge in [0.05, 0.1) is 23.1 Å². The number of hydrogen-bond donors (Lipinski definition) is 3. The molecule has 0 aliphatic rings. The van der Waals surface area contributed by atoms with E-state index in [1.165, 1.54) is 0 Å². The zero-order valence-electron chi connectivity index (χ0n) is 16.0. The maximum Gasteiger partial charge on any atom is 0.228 e. The number of nitrogens with zero attached hydrogens (tertiary/aromatic N) is 1. The first-order chi connectivity index (χ1) is 14.2. The van der Waals surface area contributed by atoms with E-state index in [0.29, 0.717) is 6.42 Å². The van der Waals surface area contributed by atoms with Crippen molar-refractivity contribution in [3.8, 4) is 11.4 Å². The maximum absolute atomic E-state index is 12.9. The molecule has 2 aromatic heterocycles. The molecule has 0 saturated carbocycles. The Morgan fingerprint density at radius 3 is 2.48 bits per heavy atom. The average Bonchev–Trinajstić information content (AvgIpc) is 3.29. The number of imidazole rings is 1. The summed E-state index contributed by atoms with van der Waals surface area (Å²) in [5.74, 6) is 0.687. The fourth-order valence-corrected chi connectivity index (χ4v) is 3.80. The summed E-state index contributed by atoms with van der Waals surface area (Å²) in [4.78, 5) is 24.2. The van der Waals surface area contributed by atoms with Crippen molar-refractivity contribution >= 4 is 33.5 Å². The lowest BCUT2D eigenvalue weighted by Gasteiger charge is -2.10. The number of hydrogen-bond acceptors (Lipinski definition) is 2. The van der Waals surface area contributed by atoms with Crippen LogP contribution >= 0.6 is 0 Å². The van der Waals surface area contributed by atoms with Crippen molar-refractivity contribution in [2.75, 3.05) is 5.32 Å². The Kier molecular flexibility index (Phi) is 4.13. The molecule has 0 saturated heterocycles. The predicted molar refractivity (Wildman–Crippen MR) is 117 cm³/mol. The number of anilines is 1. The minimum atomic E-state index is -0.0542. The number of aromatic amines is 2. The Morgan fingerprint density at radius 1 is 0.897 bits per heavy atom. The van der Waals surface area contributed by atoms with Crippen LogP contribution in [0.4, 0.5) is 5.69 Å². The minimum absolute atomic E-state index is 0.0542. The number of carbonyl (C=O) groups excluding carboxylic acids is 1. The van der Waals surface area contributed by atoms with Crippen LogP contribution in [0.3, 0.4) is 0 Å². The number of nitrogens with one attached hydrogen (secondary N) is 3. The predicted octanol–water partition coefficient (Wildman–Crippen LogP) is 5.20. The normalized spacial score (nSPS) is 11.2. The van der Waals surface area contributed by atoms with Crippen LogP contribution in [0.1, 0.15) is 11.3 Å². The van der Waals surface area contributed by atoms with Crippen LogP contribution in [0.5, 0.6) is 0 Å². The van der Waals surface area contributed by atoms with Crippen molar-refractivity contribution in [3.05, 3.63) is 84.1 Å². The van der Waals surface area contributed by atoms with E-state index in [0.717, 1.165) is 50.3 Å². The van der Waals surface area contributed by atoms with Gasteiger partial charge in [0.1, 0.15) is 5.82 Å². The van der Waals surface area contributed by atoms with Crippen molar-refractivity contribution in [1.82, 2.24) is 15.0 Å². The van der Waals surface area contributed by atoms with Gasteiger partial charge < -0.3 is 15.3 Å². The van der Waals surface area contributed by atoms with Gasteiger partial charge in [-0.3, -0.25) is 4.79 Å². The van der Waals surface area contributed by atoms with Gasteiger partial charge in [-0.25, -0.2) is 4.98 Å². The highest BCUT2D eigenvalue weighted by atomic mass is 16.1. The van der Waals surface area contributed by atoms with E-state index < -0.39 is 0 Å². The number of H-pyrrole nitrogens is 2. The molecule has 3 aromatic carbocycles. The molecule has 2 heterocycles. The van der Waals surface area contributed by atoms with E-state index >= 15 is 0 Å². The molecule has 0 spiro atoms. The second kappa shape index (κ2) is 6.95. The fourth-order valence-electron chi connectivity index (χ4n) is 3.80. The first kappa shape index (κ1) is 17.3. The second-order valence-electron chi connectivity index (χ2n) is 7.15. The van der Waals surface area contributed by atoms with E-state index in [1.807, 2.05) is 79.7 Å². The van der Waals surface area contributed by atoms with Gasteiger partial charge in [-0.15, -0.1) is 0 Å². The Bertz CT molecular complexity index is 1310. The smallest absolute Gasteiger partial charge is 0.228 e. The summed E-state index contributed by atoms with van der Waals surface area (Å²) in [6.07, 6.45) is 0.310. The van der Waals surface area contributed by atoms with Crippen molar-refractivity contribution in [3.63, 3.8) is 0 Å². The molecule has 0 unspecified atom stereocenters. The van der Waals surface area contributed by atoms with Gasteiger partial charge in [-0.1, -0.05) is 42.5 Å².